The van der Waals surface area contributed by atoms with Crippen molar-refractivity contribution in [2.45, 2.75) is 32.5 Å². The molecule has 0 aliphatic rings. The SMILES string of the molecule is C[CH][C@H](/C=C(/O[Si](C)(C)C)c1ccccc1)c1ccccc1.[I-].[Zn]. The summed E-state index contributed by atoms with van der Waals surface area (Å²) in [6.07, 6.45) is 4.45. The van der Waals surface area contributed by atoms with E-state index in [1.54, 1.807) is 0 Å². The Morgan fingerprint density at radius 2 is 1.42 bits per heavy atom. The molecular weight excluding hydrogens is 477 g/mol. The van der Waals surface area contributed by atoms with Crippen molar-refractivity contribution in [2.24, 2.45) is 0 Å². The van der Waals surface area contributed by atoms with E-state index < -0.39 is 8.32 Å². The van der Waals surface area contributed by atoms with Gasteiger partial charge in [-0.2, -0.15) is 0 Å². The molecule has 2 rings (SSSR count). The quantitative estimate of drug-likeness (QED) is 0.336. The predicted octanol–water partition coefficient (Wildman–Crippen LogP) is 2.89. The zero-order valence-corrected chi connectivity index (χ0v) is 21.1. The van der Waals surface area contributed by atoms with E-state index in [9.17, 15) is 0 Å². The molecule has 125 valence electrons. The third kappa shape index (κ3) is 7.62. The average molecular weight is 502 g/mol. The van der Waals surface area contributed by atoms with Crippen LogP contribution in [0.5, 0.6) is 0 Å². The Kier molecular flexibility index (Phi) is 11.0. The van der Waals surface area contributed by atoms with E-state index in [-0.39, 0.29) is 49.4 Å². The molecule has 0 aromatic heterocycles. The molecule has 0 saturated carbocycles. The molecule has 0 aliphatic heterocycles. The fourth-order valence-corrected chi connectivity index (χ4v) is 3.19. The first-order chi connectivity index (χ1) is 10.5. The topological polar surface area (TPSA) is 9.23 Å². The molecule has 24 heavy (non-hydrogen) atoms. The molecule has 1 nitrogen and oxygen atoms in total. The molecule has 1 radical (unpaired) electrons. The number of benzene rings is 2. The van der Waals surface area contributed by atoms with Crippen molar-refractivity contribution in [1.29, 1.82) is 0 Å². The third-order valence-electron chi connectivity index (χ3n) is 3.35. The zero-order chi connectivity index (χ0) is 16.0. The molecular formula is C20H25IOSiZn-. The Morgan fingerprint density at radius 1 is 0.917 bits per heavy atom. The van der Waals surface area contributed by atoms with Gasteiger partial charge in [-0.1, -0.05) is 67.6 Å². The molecule has 0 aliphatic carbocycles. The smallest absolute Gasteiger partial charge is 0.242 e. The van der Waals surface area contributed by atoms with Gasteiger partial charge in [0.05, 0.1) is 0 Å². The number of hydrogen-bond donors (Lipinski definition) is 0. The van der Waals surface area contributed by atoms with Crippen molar-refractivity contribution >= 4 is 14.1 Å². The Hall–Kier alpha value is -0.450. The molecule has 0 fully saturated rings. The fourth-order valence-electron chi connectivity index (χ4n) is 2.34. The van der Waals surface area contributed by atoms with E-state index in [2.05, 4.69) is 93.7 Å². The van der Waals surface area contributed by atoms with E-state index in [4.69, 9.17) is 4.43 Å². The molecule has 0 bridgehead atoms. The minimum absolute atomic E-state index is 0. The van der Waals surface area contributed by atoms with E-state index in [1.165, 1.54) is 5.56 Å². The van der Waals surface area contributed by atoms with Crippen LogP contribution < -0.4 is 24.0 Å². The maximum Gasteiger partial charge on any atom is 0.242 e. The van der Waals surface area contributed by atoms with Crippen LogP contribution in [0.3, 0.4) is 0 Å². The van der Waals surface area contributed by atoms with Crippen molar-refractivity contribution in [3.05, 3.63) is 84.3 Å². The Morgan fingerprint density at radius 3 is 1.88 bits per heavy atom. The van der Waals surface area contributed by atoms with E-state index >= 15 is 0 Å². The normalized spacial score (nSPS) is 12.6. The standard InChI is InChI=1S/C20H25OSi.HI.Zn/c1-5-17(18-12-8-6-9-13-18)16-20(21-22(2,3)4)19-14-10-7-11-15-19;;/h5-17H,1-4H3;1H;/p-1/b20-16+;;/t17-;;/m1../s1. The van der Waals surface area contributed by atoms with Crippen LogP contribution in [0.25, 0.3) is 5.76 Å². The van der Waals surface area contributed by atoms with Gasteiger partial charge in [0.2, 0.25) is 8.32 Å². The summed E-state index contributed by atoms with van der Waals surface area (Å²) >= 11 is 0. The first-order valence-electron chi connectivity index (χ1n) is 7.80. The van der Waals surface area contributed by atoms with Crippen LogP contribution in [0.1, 0.15) is 24.0 Å². The number of hydrogen-bond acceptors (Lipinski definition) is 1. The van der Waals surface area contributed by atoms with Crippen LogP contribution >= 0.6 is 0 Å². The molecule has 0 unspecified atom stereocenters. The Balaban J connectivity index is 0.00000264. The van der Waals surface area contributed by atoms with Gasteiger partial charge < -0.3 is 28.4 Å². The van der Waals surface area contributed by atoms with Crippen LogP contribution in [-0.4, -0.2) is 8.32 Å². The maximum atomic E-state index is 6.36. The van der Waals surface area contributed by atoms with Gasteiger partial charge in [-0.05, 0) is 37.7 Å². The maximum absolute atomic E-state index is 6.36. The largest absolute Gasteiger partial charge is 1.00 e. The molecule has 1 atom stereocenters. The van der Waals surface area contributed by atoms with Gasteiger partial charge in [-0.25, -0.2) is 0 Å². The van der Waals surface area contributed by atoms with Gasteiger partial charge in [0.15, 0.2) is 0 Å². The van der Waals surface area contributed by atoms with Crippen LogP contribution in [-0.2, 0) is 23.9 Å². The summed E-state index contributed by atoms with van der Waals surface area (Å²) in [4.78, 5) is 0. The first kappa shape index (κ1) is 23.6. The van der Waals surface area contributed by atoms with Crippen molar-refractivity contribution in [2.75, 3.05) is 0 Å². The molecule has 2 aromatic carbocycles. The minimum Gasteiger partial charge on any atom is -1.00 e. The molecule has 0 amide bonds. The van der Waals surface area contributed by atoms with E-state index in [0.717, 1.165) is 11.3 Å². The second kappa shape index (κ2) is 11.2. The van der Waals surface area contributed by atoms with Gasteiger partial charge in [0.25, 0.3) is 0 Å². The second-order valence-electron chi connectivity index (χ2n) is 6.38. The summed E-state index contributed by atoms with van der Waals surface area (Å²) in [7, 11) is -1.67. The van der Waals surface area contributed by atoms with Crippen molar-refractivity contribution in [3.8, 4) is 0 Å². The number of halogens is 1. The Labute approximate surface area is 177 Å². The van der Waals surface area contributed by atoms with E-state index in [0.29, 0.717) is 0 Å². The fraction of sp³-hybridized carbons (Fsp3) is 0.250. The number of allylic oxidation sites excluding steroid dienone is 1. The molecule has 4 heteroatoms. The summed E-state index contributed by atoms with van der Waals surface area (Å²) < 4.78 is 6.36. The first-order valence-corrected chi connectivity index (χ1v) is 11.2. The number of rotatable bonds is 6. The predicted molar refractivity (Wildman–Crippen MR) is 98.0 cm³/mol. The van der Waals surface area contributed by atoms with Gasteiger partial charge in [-0.15, -0.1) is 0 Å². The van der Waals surface area contributed by atoms with Gasteiger partial charge >= 0.3 is 0 Å². The minimum atomic E-state index is -1.67. The van der Waals surface area contributed by atoms with Crippen LogP contribution in [0, 0.1) is 6.42 Å². The second-order valence-corrected chi connectivity index (χ2v) is 10.8. The van der Waals surface area contributed by atoms with Gasteiger partial charge in [0.1, 0.15) is 5.76 Å². The molecule has 0 saturated heterocycles. The van der Waals surface area contributed by atoms with Crippen molar-refractivity contribution in [3.63, 3.8) is 0 Å². The Bertz CT molecular complexity index is 609. The third-order valence-corrected chi connectivity index (χ3v) is 4.18. The molecule has 0 heterocycles. The van der Waals surface area contributed by atoms with Crippen LogP contribution in [0.4, 0.5) is 0 Å². The van der Waals surface area contributed by atoms with Crippen molar-refractivity contribution in [1.82, 2.24) is 0 Å². The summed E-state index contributed by atoms with van der Waals surface area (Å²) in [6, 6.07) is 20.9. The summed E-state index contributed by atoms with van der Waals surface area (Å²) in [5, 5.41) is 0. The average Bonchev–Trinajstić information content (AvgIpc) is 2.52. The summed E-state index contributed by atoms with van der Waals surface area (Å²) in [6.45, 7) is 8.76. The molecule has 0 N–H and O–H groups in total. The van der Waals surface area contributed by atoms with Gasteiger partial charge in [0, 0.05) is 31.0 Å². The summed E-state index contributed by atoms with van der Waals surface area (Å²) in [5.74, 6) is 1.25. The van der Waals surface area contributed by atoms with Crippen LogP contribution in [0.15, 0.2) is 66.7 Å². The van der Waals surface area contributed by atoms with E-state index in [1.807, 2.05) is 6.07 Å². The molecule has 0 spiro atoms. The van der Waals surface area contributed by atoms with Gasteiger partial charge in [-0.3, -0.25) is 0 Å². The van der Waals surface area contributed by atoms with Crippen molar-refractivity contribution < 1.29 is 47.9 Å². The zero-order valence-electron chi connectivity index (χ0n) is 15.0. The van der Waals surface area contributed by atoms with Crippen LogP contribution in [0.2, 0.25) is 19.6 Å². The monoisotopic (exact) mass is 500 g/mol. The summed E-state index contributed by atoms with van der Waals surface area (Å²) in [5.41, 5.74) is 2.44. The molecule has 2 aromatic rings.